The number of carbonyl (C=O) groups excluding carboxylic acids is 1. The molecule has 1 aromatic heterocycles. The number of rotatable bonds is 3. The predicted octanol–water partition coefficient (Wildman–Crippen LogP) is 5.24. The van der Waals surface area contributed by atoms with Crippen LogP contribution in [-0.4, -0.2) is 10.8 Å². The Morgan fingerprint density at radius 3 is 1.94 bits per heavy atom. The molecule has 0 unspecified atom stereocenters. The van der Waals surface area contributed by atoms with E-state index in [9.17, 15) is 4.79 Å². The number of H-pyrrole nitrogens is 1. The normalized spacial score (nSPS) is 10.9. The van der Waals surface area contributed by atoms with E-state index in [1.807, 2.05) is 52.0 Å². The van der Waals surface area contributed by atoms with Crippen molar-refractivity contribution >= 4 is 16.7 Å². The van der Waals surface area contributed by atoms with E-state index >= 15 is 0 Å². The van der Waals surface area contributed by atoms with Crippen LogP contribution in [0.4, 0.5) is 0 Å². The molecule has 170 valence electrons. The molecule has 0 saturated heterocycles. The van der Waals surface area contributed by atoms with E-state index in [1.54, 1.807) is 0 Å². The van der Waals surface area contributed by atoms with Crippen LogP contribution < -0.4 is 18.9 Å². The smallest absolute Gasteiger partial charge is 0.358 e. The number of aromatic nitrogens is 1. The van der Waals surface area contributed by atoms with Gasteiger partial charge in [0.1, 0.15) is 5.78 Å². The van der Waals surface area contributed by atoms with Crippen molar-refractivity contribution in [3.05, 3.63) is 78.3 Å². The molecule has 1 N–H and O–H groups in total. The van der Waals surface area contributed by atoms with Crippen LogP contribution in [0.2, 0.25) is 0 Å². The van der Waals surface area contributed by atoms with Gasteiger partial charge in [-0.3, -0.25) is 4.79 Å². The summed E-state index contributed by atoms with van der Waals surface area (Å²) in [6, 6.07) is 18.7. The van der Waals surface area contributed by atoms with Crippen LogP contribution in [0.15, 0.2) is 54.6 Å². The second kappa shape index (κ2) is 13.7. The Morgan fingerprint density at radius 1 is 0.938 bits per heavy atom. The second-order valence-electron chi connectivity index (χ2n) is 10.2. The molecule has 2 nitrogen and oxygen atoms in total. The molecule has 0 bridgehead atoms. The molecule has 0 saturated carbocycles. The Hall–Kier alpha value is -1.75. The number of benzene rings is 2. The van der Waals surface area contributed by atoms with Crippen molar-refractivity contribution in [1.29, 1.82) is 0 Å². The largest absolute Gasteiger partial charge is 1.00 e. The standard InChI is InChI=1S/C13H18O.C12H15N.C4H9.Li/c1-10-7-5-6-8-11(10)9-12(14)13(2,3)4;1-12(2,3)11-8-9-6-4-5-7-10(9)13-11;1-3-4-2;/h5-8H,9H2,1-4H3;4-8,13H,1-3H3;1,3-4H2,2H3;/q;;-1;+1. The monoisotopic (exact) mass is 427 g/mol. The number of fused-ring (bicyclic) bond motifs is 1. The zero-order valence-electron chi connectivity index (χ0n) is 21.9. The summed E-state index contributed by atoms with van der Waals surface area (Å²) in [6.07, 6.45) is 2.83. The van der Waals surface area contributed by atoms with Crippen molar-refractivity contribution in [3.8, 4) is 0 Å². The molecule has 0 aliphatic rings. The molecule has 0 atom stereocenters. The molecule has 0 aliphatic carbocycles. The maximum Gasteiger partial charge on any atom is 1.00 e. The van der Waals surface area contributed by atoms with Gasteiger partial charge in [0.2, 0.25) is 0 Å². The SMILES string of the molecule is CC(C)(C)c1cc2ccccc2[nH]1.Cc1ccccc1CC(=O)C(C)(C)C.[CH2-]CCC.[Li+]. The van der Waals surface area contributed by atoms with E-state index < -0.39 is 0 Å². The molecule has 0 amide bonds. The summed E-state index contributed by atoms with van der Waals surface area (Å²) in [5.74, 6) is 0.298. The van der Waals surface area contributed by atoms with E-state index in [0.29, 0.717) is 12.2 Å². The second-order valence-corrected chi connectivity index (χ2v) is 10.2. The number of Topliss-reactive ketones (excluding diaryl/α,β-unsaturated/α-hetero) is 1. The van der Waals surface area contributed by atoms with Gasteiger partial charge >= 0.3 is 18.9 Å². The minimum atomic E-state index is -0.234. The molecule has 0 radical (unpaired) electrons. The first kappa shape index (κ1) is 30.2. The Bertz CT molecular complexity index is 906. The van der Waals surface area contributed by atoms with E-state index in [2.05, 4.69) is 69.9 Å². The first-order chi connectivity index (χ1) is 14.4. The van der Waals surface area contributed by atoms with E-state index in [1.165, 1.54) is 28.6 Å². The number of aromatic amines is 1. The minimum absolute atomic E-state index is 0. The van der Waals surface area contributed by atoms with Gasteiger partial charge in [0.05, 0.1) is 0 Å². The van der Waals surface area contributed by atoms with Gasteiger partial charge in [-0.1, -0.05) is 97.4 Å². The van der Waals surface area contributed by atoms with Crippen LogP contribution in [0, 0.1) is 19.3 Å². The fourth-order valence-corrected chi connectivity index (χ4v) is 2.72. The molecule has 0 fully saturated rings. The average Bonchev–Trinajstić information content (AvgIpc) is 3.14. The third kappa shape index (κ3) is 10.2. The van der Waals surface area contributed by atoms with Gasteiger partial charge in [0.15, 0.2) is 0 Å². The summed E-state index contributed by atoms with van der Waals surface area (Å²) in [5.41, 5.74) is 4.85. The average molecular weight is 428 g/mol. The molecule has 3 rings (SSSR count). The summed E-state index contributed by atoms with van der Waals surface area (Å²) in [7, 11) is 0. The van der Waals surface area contributed by atoms with Gasteiger partial charge in [0.25, 0.3) is 0 Å². The van der Waals surface area contributed by atoms with Crippen LogP contribution >= 0.6 is 0 Å². The number of para-hydroxylation sites is 1. The maximum absolute atomic E-state index is 11.8. The number of unbranched alkanes of at least 4 members (excludes halogenated alkanes) is 1. The third-order valence-corrected chi connectivity index (χ3v) is 5.14. The summed E-state index contributed by atoms with van der Waals surface area (Å²) in [5, 5.41) is 1.30. The van der Waals surface area contributed by atoms with Gasteiger partial charge in [-0.2, -0.15) is 6.42 Å². The fourth-order valence-electron chi connectivity index (χ4n) is 2.72. The van der Waals surface area contributed by atoms with Crippen molar-refractivity contribution < 1.29 is 23.7 Å². The van der Waals surface area contributed by atoms with E-state index in [4.69, 9.17) is 0 Å². The van der Waals surface area contributed by atoms with E-state index in [0.717, 1.165) is 12.0 Å². The van der Waals surface area contributed by atoms with Gasteiger partial charge in [-0.05, 0) is 35.6 Å². The number of nitrogens with one attached hydrogen (secondary N) is 1. The third-order valence-electron chi connectivity index (χ3n) is 5.14. The fraction of sp³-hybridized carbons (Fsp3) is 0.448. The number of ketones is 1. The molecule has 3 aromatic rings. The molecule has 1 heterocycles. The molecule has 0 spiro atoms. The minimum Gasteiger partial charge on any atom is -0.358 e. The molecular formula is C29H42LiNO. The summed E-state index contributed by atoms with van der Waals surface area (Å²) >= 11 is 0. The first-order valence-corrected chi connectivity index (χ1v) is 11.4. The quantitative estimate of drug-likeness (QED) is 0.450. The number of hydrogen-bond acceptors (Lipinski definition) is 1. The Morgan fingerprint density at radius 2 is 1.47 bits per heavy atom. The molecular weight excluding hydrogens is 385 g/mol. The number of carbonyl (C=O) groups is 1. The Balaban J connectivity index is 0.000000503. The maximum atomic E-state index is 11.8. The van der Waals surface area contributed by atoms with Crippen molar-refractivity contribution in [1.82, 2.24) is 4.98 Å². The van der Waals surface area contributed by atoms with Crippen molar-refractivity contribution in [2.45, 2.75) is 80.1 Å². The Labute approximate surface area is 208 Å². The van der Waals surface area contributed by atoms with Crippen LogP contribution in [0.1, 0.15) is 78.1 Å². The number of aryl methyl sites for hydroxylation is 1. The molecule has 2 aromatic carbocycles. The number of hydrogen-bond donors (Lipinski definition) is 1. The summed E-state index contributed by atoms with van der Waals surface area (Å²) < 4.78 is 0. The summed E-state index contributed by atoms with van der Waals surface area (Å²) in [4.78, 5) is 15.2. The van der Waals surface area contributed by atoms with Crippen LogP contribution in [0.3, 0.4) is 0 Å². The van der Waals surface area contributed by atoms with Crippen molar-refractivity contribution in [2.75, 3.05) is 0 Å². The summed E-state index contributed by atoms with van der Waals surface area (Å²) in [6.45, 7) is 20.3. The zero-order valence-corrected chi connectivity index (χ0v) is 21.9. The Kier molecular flexibility index (Phi) is 13.0. The molecule has 3 heteroatoms. The predicted molar refractivity (Wildman–Crippen MR) is 137 cm³/mol. The molecule has 32 heavy (non-hydrogen) atoms. The van der Waals surface area contributed by atoms with Crippen molar-refractivity contribution in [3.63, 3.8) is 0 Å². The van der Waals surface area contributed by atoms with Crippen LogP contribution in [0.5, 0.6) is 0 Å². The van der Waals surface area contributed by atoms with Gasteiger partial charge < -0.3 is 11.9 Å². The van der Waals surface area contributed by atoms with Crippen LogP contribution in [-0.2, 0) is 16.6 Å². The first-order valence-electron chi connectivity index (χ1n) is 11.4. The molecule has 0 aliphatic heterocycles. The van der Waals surface area contributed by atoms with Gasteiger partial charge in [0, 0.05) is 28.5 Å². The van der Waals surface area contributed by atoms with Gasteiger partial charge in [-0.15, -0.1) is 0 Å². The van der Waals surface area contributed by atoms with Gasteiger partial charge in [-0.25, -0.2) is 0 Å². The van der Waals surface area contributed by atoms with E-state index in [-0.39, 0.29) is 29.7 Å². The topological polar surface area (TPSA) is 32.9 Å². The zero-order chi connectivity index (χ0) is 23.7. The van der Waals surface area contributed by atoms with Crippen LogP contribution in [0.25, 0.3) is 10.9 Å². The van der Waals surface area contributed by atoms with Crippen molar-refractivity contribution in [2.24, 2.45) is 5.41 Å².